The number of aryl methyl sites for hydroxylation is 1. The van der Waals surface area contributed by atoms with Crippen molar-refractivity contribution < 1.29 is 9.50 Å². The second-order valence-electron chi connectivity index (χ2n) is 5.32. The Bertz CT molecular complexity index is 610. The van der Waals surface area contributed by atoms with E-state index in [1.54, 1.807) is 23.5 Å². The number of aliphatic hydroxyl groups excluding tert-OH is 1. The number of rotatable bonds is 3. The Morgan fingerprint density at radius 1 is 1.40 bits per heavy atom. The highest BCUT2D eigenvalue weighted by Gasteiger charge is 2.27. The molecule has 1 nitrogen and oxygen atoms in total. The number of fused-ring (bicyclic) bond motifs is 1. The van der Waals surface area contributed by atoms with Gasteiger partial charge in [-0.15, -0.1) is 11.3 Å². The van der Waals surface area contributed by atoms with Crippen LogP contribution in [-0.2, 0) is 12.8 Å². The van der Waals surface area contributed by atoms with E-state index in [-0.39, 0.29) is 11.7 Å². The molecule has 0 saturated heterocycles. The van der Waals surface area contributed by atoms with E-state index < -0.39 is 6.10 Å². The predicted octanol–water partition coefficient (Wildman–Crippen LogP) is 4.67. The lowest BCUT2D eigenvalue weighted by atomic mass is 9.82. The fourth-order valence-electron chi connectivity index (χ4n) is 2.97. The normalized spacial score (nSPS) is 19.6. The maximum Gasteiger partial charge on any atom is 0.137 e. The van der Waals surface area contributed by atoms with Crippen molar-refractivity contribution in [2.45, 2.75) is 37.7 Å². The number of hydrogen-bond acceptors (Lipinski definition) is 2. The van der Waals surface area contributed by atoms with Gasteiger partial charge in [0.1, 0.15) is 5.82 Å². The summed E-state index contributed by atoms with van der Waals surface area (Å²) < 4.78 is 13.7. The quantitative estimate of drug-likeness (QED) is 0.848. The molecule has 20 heavy (non-hydrogen) atoms. The Morgan fingerprint density at radius 3 is 3.05 bits per heavy atom. The molecule has 3 rings (SSSR count). The van der Waals surface area contributed by atoms with Gasteiger partial charge in [0.15, 0.2) is 0 Å². The molecule has 2 aromatic rings. The molecule has 0 aliphatic heterocycles. The van der Waals surface area contributed by atoms with Gasteiger partial charge in [-0.05, 0) is 76.3 Å². The summed E-state index contributed by atoms with van der Waals surface area (Å²) in [5.41, 5.74) is 2.28. The van der Waals surface area contributed by atoms with Gasteiger partial charge < -0.3 is 5.11 Å². The summed E-state index contributed by atoms with van der Waals surface area (Å²) in [5, 5.41) is 12.7. The molecule has 0 spiro atoms. The van der Waals surface area contributed by atoms with Gasteiger partial charge in [0.05, 0.1) is 10.6 Å². The Kier molecular flexibility index (Phi) is 4.24. The molecule has 1 heterocycles. The molecule has 4 heteroatoms. The van der Waals surface area contributed by atoms with E-state index in [4.69, 9.17) is 0 Å². The zero-order chi connectivity index (χ0) is 14.1. The van der Waals surface area contributed by atoms with Crippen molar-refractivity contribution in [3.63, 3.8) is 0 Å². The molecule has 1 aliphatic carbocycles. The Balaban J connectivity index is 1.77. The summed E-state index contributed by atoms with van der Waals surface area (Å²) >= 11 is 4.99. The van der Waals surface area contributed by atoms with Gasteiger partial charge in [0, 0.05) is 10.8 Å². The van der Waals surface area contributed by atoms with Crippen molar-refractivity contribution >= 4 is 27.3 Å². The third-order valence-corrected chi connectivity index (χ3v) is 5.60. The minimum Gasteiger partial charge on any atom is -0.392 e. The highest BCUT2D eigenvalue weighted by atomic mass is 79.9. The molecule has 1 aromatic heterocycles. The molecule has 0 radical (unpaired) electrons. The Labute approximate surface area is 130 Å². The van der Waals surface area contributed by atoms with E-state index in [0.717, 1.165) is 24.8 Å². The fraction of sp³-hybridized carbons (Fsp3) is 0.375. The first kappa shape index (κ1) is 14.2. The van der Waals surface area contributed by atoms with Crippen LogP contribution in [0.1, 0.15) is 34.8 Å². The minimum absolute atomic E-state index is 0.217. The van der Waals surface area contributed by atoms with Crippen molar-refractivity contribution in [1.29, 1.82) is 0 Å². The molecule has 1 aliphatic rings. The minimum atomic E-state index is -0.402. The van der Waals surface area contributed by atoms with Gasteiger partial charge in [-0.1, -0.05) is 6.07 Å². The summed E-state index contributed by atoms with van der Waals surface area (Å²) in [6.07, 6.45) is 3.48. The molecule has 0 amide bonds. The van der Waals surface area contributed by atoms with Crippen molar-refractivity contribution in [3.8, 4) is 0 Å². The molecular weight excluding hydrogens is 339 g/mol. The highest BCUT2D eigenvalue weighted by Crippen LogP contribution is 2.37. The van der Waals surface area contributed by atoms with Crippen molar-refractivity contribution in [3.05, 3.63) is 55.9 Å². The summed E-state index contributed by atoms with van der Waals surface area (Å²) in [4.78, 5) is 1.42. The van der Waals surface area contributed by atoms with Gasteiger partial charge in [-0.25, -0.2) is 4.39 Å². The highest BCUT2D eigenvalue weighted by molar-refractivity contribution is 9.10. The van der Waals surface area contributed by atoms with Crippen LogP contribution in [0.5, 0.6) is 0 Å². The Hall–Kier alpha value is -0.710. The smallest absolute Gasteiger partial charge is 0.137 e. The van der Waals surface area contributed by atoms with Crippen molar-refractivity contribution in [2.75, 3.05) is 0 Å². The molecule has 2 atom stereocenters. The number of thiophene rings is 1. The van der Waals surface area contributed by atoms with E-state index in [1.165, 1.54) is 16.5 Å². The van der Waals surface area contributed by atoms with Gasteiger partial charge in [0.2, 0.25) is 0 Å². The van der Waals surface area contributed by atoms with Crippen LogP contribution in [0.3, 0.4) is 0 Å². The average molecular weight is 355 g/mol. The molecular formula is C16H16BrFOS. The molecule has 0 bridgehead atoms. The van der Waals surface area contributed by atoms with E-state index in [0.29, 0.717) is 10.9 Å². The second-order valence-corrected chi connectivity index (χ2v) is 7.17. The molecule has 0 fully saturated rings. The number of benzene rings is 1. The van der Waals surface area contributed by atoms with Crippen LogP contribution < -0.4 is 0 Å². The summed E-state index contributed by atoms with van der Waals surface area (Å²) in [7, 11) is 0. The van der Waals surface area contributed by atoms with Crippen LogP contribution >= 0.6 is 27.3 Å². The fourth-order valence-corrected chi connectivity index (χ4v) is 4.39. The first-order valence-corrected chi connectivity index (χ1v) is 8.50. The predicted molar refractivity (Wildman–Crippen MR) is 83.8 cm³/mol. The van der Waals surface area contributed by atoms with E-state index >= 15 is 0 Å². The first-order chi connectivity index (χ1) is 9.65. The van der Waals surface area contributed by atoms with Crippen LogP contribution in [0, 0.1) is 5.82 Å². The summed E-state index contributed by atoms with van der Waals surface area (Å²) in [6, 6.07) is 7.10. The summed E-state index contributed by atoms with van der Waals surface area (Å²) in [5.74, 6) is -0.0464. The lowest BCUT2D eigenvalue weighted by Crippen LogP contribution is -2.24. The maximum absolute atomic E-state index is 13.2. The van der Waals surface area contributed by atoms with E-state index in [9.17, 15) is 9.50 Å². The number of hydrogen-bond donors (Lipinski definition) is 1. The zero-order valence-electron chi connectivity index (χ0n) is 11.0. The second kappa shape index (κ2) is 5.96. The lowest BCUT2D eigenvalue weighted by Gasteiger charge is -2.27. The van der Waals surface area contributed by atoms with Crippen LogP contribution in [0.15, 0.2) is 34.1 Å². The van der Waals surface area contributed by atoms with Gasteiger partial charge in [-0.3, -0.25) is 0 Å². The first-order valence-electron chi connectivity index (χ1n) is 6.83. The standard InChI is InChI=1S/C16H16BrFOS/c17-13-8-10(4-5-14(13)18)9-15(19)11-2-1-3-16-12(11)6-7-20-16/h4-8,11,15,19H,1-3,9H2. The Morgan fingerprint density at radius 2 is 2.25 bits per heavy atom. The van der Waals surface area contributed by atoms with Crippen molar-refractivity contribution in [2.24, 2.45) is 0 Å². The molecule has 1 N–H and O–H groups in total. The third-order valence-electron chi connectivity index (χ3n) is 3.99. The SMILES string of the molecule is OC(Cc1ccc(F)c(Br)c1)C1CCCc2sccc21. The third kappa shape index (κ3) is 2.83. The molecule has 106 valence electrons. The molecule has 0 saturated carbocycles. The van der Waals surface area contributed by atoms with Crippen LogP contribution in [0.25, 0.3) is 0 Å². The molecule has 2 unspecified atom stereocenters. The van der Waals surface area contributed by atoms with E-state index in [1.807, 2.05) is 0 Å². The summed E-state index contributed by atoms with van der Waals surface area (Å²) in [6.45, 7) is 0. The zero-order valence-corrected chi connectivity index (χ0v) is 13.4. The van der Waals surface area contributed by atoms with E-state index in [2.05, 4.69) is 27.4 Å². The lowest BCUT2D eigenvalue weighted by molar-refractivity contribution is 0.135. The van der Waals surface area contributed by atoms with Gasteiger partial charge in [-0.2, -0.15) is 0 Å². The van der Waals surface area contributed by atoms with Crippen LogP contribution in [0.4, 0.5) is 4.39 Å². The average Bonchev–Trinajstić information content (AvgIpc) is 2.91. The van der Waals surface area contributed by atoms with Crippen molar-refractivity contribution in [1.82, 2.24) is 0 Å². The monoisotopic (exact) mass is 354 g/mol. The van der Waals surface area contributed by atoms with Crippen LogP contribution in [-0.4, -0.2) is 11.2 Å². The largest absolute Gasteiger partial charge is 0.392 e. The number of halogens is 2. The molecule has 1 aromatic carbocycles. The number of aliphatic hydroxyl groups is 1. The van der Waals surface area contributed by atoms with Gasteiger partial charge in [0.25, 0.3) is 0 Å². The topological polar surface area (TPSA) is 20.2 Å². The maximum atomic E-state index is 13.2. The van der Waals surface area contributed by atoms with Gasteiger partial charge >= 0.3 is 0 Å². The van der Waals surface area contributed by atoms with Crippen LogP contribution in [0.2, 0.25) is 0 Å².